The molecule has 0 bridgehead atoms. The molecule has 7 heteroatoms. The van der Waals surface area contributed by atoms with Crippen LogP contribution in [0.5, 0.6) is 0 Å². The zero-order valence-electron chi connectivity index (χ0n) is 10.3. The van der Waals surface area contributed by atoms with Gasteiger partial charge < -0.3 is 10.1 Å². The second-order valence-electron chi connectivity index (χ2n) is 4.40. The Labute approximate surface area is 118 Å². The van der Waals surface area contributed by atoms with E-state index in [9.17, 15) is 14.9 Å². The molecule has 1 N–H and O–H groups in total. The number of ether oxygens (including phenoxy) is 1. The summed E-state index contributed by atoms with van der Waals surface area (Å²) in [5.41, 5.74) is 0.158. The number of nitro groups is 1. The Hall–Kier alpha value is -1.47. The Morgan fingerprint density at radius 1 is 1.53 bits per heavy atom. The van der Waals surface area contributed by atoms with E-state index in [2.05, 4.69) is 21.2 Å². The van der Waals surface area contributed by atoms with Gasteiger partial charge in [0.25, 0.3) is 11.6 Å². The number of hydrogen-bond acceptors (Lipinski definition) is 4. The van der Waals surface area contributed by atoms with Gasteiger partial charge in [0, 0.05) is 19.2 Å². The molecule has 0 radical (unpaired) electrons. The number of halogens is 1. The average molecular weight is 329 g/mol. The fraction of sp³-hybridized carbons (Fsp3) is 0.417. The first-order valence-corrected chi connectivity index (χ1v) is 6.58. The maximum absolute atomic E-state index is 12.0. The number of methoxy groups -OCH3 is 1. The van der Waals surface area contributed by atoms with E-state index in [4.69, 9.17) is 4.74 Å². The van der Waals surface area contributed by atoms with Gasteiger partial charge >= 0.3 is 0 Å². The van der Waals surface area contributed by atoms with E-state index in [0.717, 1.165) is 12.8 Å². The van der Waals surface area contributed by atoms with Crippen LogP contribution in [0.4, 0.5) is 5.69 Å². The highest BCUT2D eigenvalue weighted by atomic mass is 79.9. The van der Waals surface area contributed by atoms with Gasteiger partial charge in [-0.1, -0.05) is 6.07 Å². The minimum atomic E-state index is -0.523. The Balaban J connectivity index is 2.08. The third-order valence-corrected chi connectivity index (χ3v) is 4.02. The minimum absolute atomic E-state index is 0.0728. The number of hydrogen-bond donors (Lipinski definition) is 1. The molecule has 102 valence electrons. The Kier molecular flexibility index (Phi) is 4.16. The molecule has 0 aromatic heterocycles. The summed E-state index contributed by atoms with van der Waals surface area (Å²) in [4.78, 5) is 22.3. The smallest absolute Gasteiger partial charge is 0.284 e. The lowest BCUT2D eigenvalue weighted by atomic mass is 9.89. The third kappa shape index (κ3) is 2.93. The van der Waals surface area contributed by atoms with Gasteiger partial charge in [-0.05, 0) is 34.8 Å². The molecule has 0 heterocycles. The molecule has 6 nitrogen and oxygen atoms in total. The van der Waals surface area contributed by atoms with Crippen LogP contribution in [-0.2, 0) is 4.74 Å². The van der Waals surface area contributed by atoms with E-state index in [-0.39, 0.29) is 33.8 Å². The van der Waals surface area contributed by atoms with Crippen molar-refractivity contribution in [1.29, 1.82) is 0 Å². The summed E-state index contributed by atoms with van der Waals surface area (Å²) in [6.07, 6.45) is 1.74. The fourth-order valence-corrected chi connectivity index (χ4v) is 2.56. The first-order valence-electron chi connectivity index (χ1n) is 5.79. The normalized spacial score (nSPS) is 21.6. The molecule has 1 aromatic rings. The molecule has 1 amide bonds. The maximum atomic E-state index is 12.0. The van der Waals surface area contributed by atoms with E-state index in [1.165, 1.54) is 12.1 Å². The topological polar surface area (TPSA) is 81.5 Å². The number of nitrogens with zero attached hydrogens (tertiary/aromatic N) is 1. The molecule has 1 aromatic carbocycles. The largest absolute Gasteiger partial charge is 0.381 e. The summed E-state index contributed by atoms with van der Waals surface area (Å²) >= 11 is 3.11. The number of carbonyl (C=O) groups excluding carboxylic acids is 1. The van der Waals surface area contributed by atoms with Crippen LogP contribution in [0, 0.1) is 10.1 Å². The maximum Gasteiger partial charge on any atom is 0.284 e. The molecule has 2 rings (SSSR count). The third-order valence-electron chi connectivity index (χ3n) is 3.18. The Bertz CT molecular complexity index is 514. The van der Waals surface area contributed by atoms with Gasteiger partial charge in [-0.15, -0.1) is 0 Å². The summed E-state index contributed by atoms with van der Waals surface area (Å²) in [6.45, 7) is 0. The van der Waals surface area contributed by atoms with Crippen LogP contribution >= 0.6 is 15.9 Å². The van der Waals surface area contributed by atoms with E-state index in [1.807, 2.05) is 0 Å². The summed E-state index contributed by atoms with van der Waals surface area (Å²) in [7, 11) is 1.64. The van der Waals surface area contributed by atoms with E-state index in [0.29, 0.717) is 0 Å². The first kappa shape index (κ1) is 14.0. The van der Waals surface area contributed by atoms with Gasteiger partial charge in [-0.3, -0.25) is 14.9 Å². The van der Waals surface area contributed by atoms with Crippen molar-refractivity contribution in [2.24, 2.45) is 0 Å². The molecule has 0 saturated heterocycles. The average Bonchev–Trinajstić information content (AvgIpc) is 2.32. The lowest BCUT2D eigenvalue weighted by molar-refractivity contribution is -0.385. The highest BCUT2D eigenvalue weighted by Crippen LogP contribution is 2.29. The van der Waals surface area contributed by atoms with Crippen molar-refractivity contribution in [2.75, 3.05) is 7.11 Å². The molecular formula is C12H13BrN2O4. The summed E-state index contributed by atoms with van der Waals surface area (Å²) in [6, 6.07) is 4.48. The lowest BCUT2D eigenvalue weighted by Crippen LogP contribution is -2.47. The Morgan fingerprint density at radius 2 is 2.21 bits per heavy atom. The quantitative estimate of drug-likeness (QED) is 0.679. The van der Waals surface area contributed by atoms with Gasteiger partial charge in [-0.25, -0.2) is 0 Å². The van der Waals surface area contributed by atoms with Crippen LogP contribution in [0.25, 0.3) is 0 Å². The molecule has 1 aliphatic rings. The second kappa shape index (κ2) is 5.66. The van der Waals surface area contributed by atoms with Crippen molar-refractivity contribution in [3.63, 3.8) is 0 Å². The van der Waals surface area contributed by atoms with Crippen molar-refractivity contribution >= 4 is 27.5 Å². The van der Waals surface area contributed by atoms with Crippen LogP contribution in [0.1, 0.15) is 23.2 Å². The lowest BCUT2D eigenvalue weighted by Gasteiger charge is -2.34. The van der Waals surface area contributed by atoms with Crippen LogP contribution in [0.3, 0.4) is 0 Å². The summed E-state index contributed by atoms with van der Waals surface area (Å²) < 4.78 is 5.34. The fourth-order valence-electron chi connectivity index (χ4n) is 1.98. The molecule has 0 aliphatic heterocycles. The SMILES string of the molecule is COC1CC(NC(=O)c2cccc([N+](=O)[O-])c2Br)C1. The number of amides is 1. The highest BCUT2D eigenvalue weighted by Gasteiger charge is 2.31. The van der Waals surface area contributed by atoms with Crippen LogP contribution in [-0.4, -0.2) is 30.1 Å². The van der Waals surface area contributed by atoms with Crippen LogP contribution in [0.15, 0.2) is 22.7 Å². The van der Waals surface area contributed by atoms with Crippen LogP contribution < -0.4 is 5.32 Å². The molecular weight excluding hydrogens is 316 g/mol. The zero-order chi connectivity index (χ0) is 14.0. The van der Waals surface area contributed by atoms with Crippen LogP contribution in [0.2, 0.25) is 0 Å². The minimum Gasteiger partial charge on any atom is -0.381 e. The molecule has 19 heavy (non-hydrogen) atoms. The summed E-state index contributed by atoms with van der Waals surface area (Å²) in [5, 5.41) is 13.6. The molecule has 1 fully saturated rings. The molecule has 0 spiro atoms. The second-order valence-corrected chi connectivity index (χ2v) is 5.19. The predicted molar refractivity (Wildman–Crippen MR) is 72.1 cm³/mol. The van der Waals surface area contributed by atoms with Crippen molar-refractivity contribution in [2.45, 2.75) is 25.0 Å². The van der Waals surface area contributed by atoms with Gasteiger partial charge in [0.2, 0.25) is 0 Å². The van der Waals surface area contributed by atoms with Gasteiger partial charge in [0.1, 0.15) is 4.47 Å². The number of nitrogens with one attached hydrogen (secondary N) is 1. The number of carbonyl (C=O) groups is 1. The highest BCUT2D eigenvalue weighted by molar-refractivity contribution is 9.10. The van der Waals surface area contributed by atoms with E-state index < -0.39 is 4.92 Å². The standard InChI is InChI=1S/C12H13BrN2O4/c1-19-8-5-7(6-8)14-12(16)9-3-2-4-10(11(9)13)15(17)18/h2-4,7-8H,5-6H2,1H3,(H,14,16). The molecule has 0 atom stereocenters. The van der Waals surface area contributed by atoms with Gasteiger partial charge in [0.15, 0.2) is 0 Å². The van der Waals surface area contributed by atoms with Gasteiger partial charge in [-0.2, -0.15) is 0 Å². The van der Waals surface area contributed by atoms with E-state index >= 15 is 0 Å². The number of benzene rings is 1. The number of nitro benzene ring substituents is 1. The van der Waals surface area contributed by atoms with Crippen molar-refractivity contribution in [1.82, 2.24) is 5.32 Å². The molecule has 1 saturated carbocycles. The van der Waals surface area contributed by atoms with E-state index in [1.54, 1.807) is 13.2 Å². The monoisotopic (exact) mass is 328 g/mol. The molecule has 0 unspecified atom stereocenters. The van der Waals surface area contributed by atoms with Crippen molar-refractivity contribution in [3.8, 4) is 0 Å². The van der Waals surface area contributed by atoms with Gasteiger partial charge in [0.05, 0.1) is 16.6 Å². The first-order chi connectivity index (χ1) is 9.02. The number of rotatable bonds is 4. The summed E-state index contributed by atoms with van der Waals surface area (Å²) in [5.74, 6) is -0.310. The zero-order valence-corrected chi connectivity index (χ0v) is 11.8. The molecule has 1 aliphatic carbocycles. The van der Waals surface area contributed by atoms with Crippen molar-refractivity contribution in [3.05, 3.63) is 38.3 Å². The Morgan fingerprint density at radius 3 is 2.79 bits per heavy atom. The van der Waals surface area contributed by atoms with Crippen molar-refractivity contribution < 1.29 is 14.5 Å². The predicted octanol–water partition coefficient (Wildman–Crippen LogP) is 2.26.